The van der Waals surface area contributed by atoms with Gasteiger partial charge in [0.05, 0.1) is 12.0 Å². The average molecular weight is 202 g/mol. The van der Waals surface area contributed by atoms with Gasteiger partial charge in [-0.3, -0.25) is 4.79 Å². The molecule has 2 unspecified atom stereocenters. The Bertz CT molecular complexity index is 157. The minimum absolute atomic E-state index is 0.218. The molecule has 0 aliphatic heterocycles. The first kappa shape index (κ1) is 13.4. The van der Waals surface area contributed by atoms with Crippen LogP contribution in [0.3, 0.4) is 0 Å². The Kier molecular flexibility index (Phi) is 7.48. The van der Waals surface area contributed by atoms with E-state index in [1.165, 1.54) is 0 Å². The lowest BCUT2D eigenvalue weighted by Gasteiger charge is -2.12. The summed E-state index contributed by atoms with van der Waals surface area (Å²) in [6.45, 7) is 3.93. The summed E-state index contributed by atoms with van der Waals surface area (Å²) in [5, 5.41) is 18.2. The van der Waals surface area contributed by atoms with E-state index in [0.29, 0.717) is 6.42 Å². The standard InChI is InChI=1S/C11H22O3/c1-3-6-9(11(13)14)7-5-8-10(12)4-2/h9-10,12H,3-8H2,1-2H3,(H,13,14). The summed E-state index contributed by atoms with van der Waals surface area (Å²) in [5.74, 6) is -0.915. The molecule has 0 aliphatic rings. The molecule has 3 nitrogen and oxygen atoms in total. The second-order valence-corrected chi connectivity index (χ2v) is 3.82. The minimum atomic E-state index is -0.696. The topological polar surface area (TPSA) is 57.5 Å². The smallest absolute Gasteiger partial charge is 0.306 e. The minimum Gasteiger partial charge on any atom is -0.481 e. The molecule has 0 rings (SSSR count). The van der Waals surface area contributed by atoms with E-state index >= 15 is 0 Å². The van der Waals surface area contributed by atoms with Gasteiger partial charge in [0.2, 0.25) is 0 Å². The van der Waals surface area contributed by atoms with Gasteiger partial charge in [-0.25, -0.2) is 0 Å². The molecule has 0 fully saturated rings. The van der Waals surface area contributed by atoms with Crippen molar-refractivity contribution in [2.45, 2.75) is 58.5 Å². The second-order valence-electron chi connectivity index (χ2n) is 3.82. The van der Waals surface area contributed by atoms with Crippen LogP contribution in [0.15, 0.2) is 0 Å². The van der Waals surface area contributed by atoms with Crippen LogP contribution in [0.1, 0.15) is 52.4 Å². The molecule has 0 radical (unpaired) electrons. The zero-order valence-electron chi connectivity index (χ0n) is 9.20. The first-order valence-electron chi connectivity index (χ1n) is 5.52. The van der Waals surface area contributed by atoms with Crippen molar-refractivity contribution in [3.63, 3.8) is 0 Å². The molecule has 3 heteroatoms. The molecule has 0 heterocycles. The van der Waals surface area contributed by atoms with E-state index in [2.05, 4.69) is 0 Å². The molecule has 0 aromatic carbocycles. The summed E-state index contributed by atoms with van der Waals surface area (Å²) < 4.78 is 0. The number of aliphatic hydroxyl groups is 1. The number of carboxylic acids is 1. The Hall–Kier alpha value is -0.570. The number of hydrogen-bond acceptors (Lipinski definition) is 2. The van der Waals surface area contributed by atoms with Crippen LogP contribution >= 0.6 is 0 Å². The monoisotopic (exact) mass is 202 g/mol. The molecule has 84 valence electrons. The van der Waals surface area contributed by atoms with E-state index in [1.54, 1.807) is 0 Å². The van der Waals surface area contributed by atoms with E-state index in [0.717, 1.165) is 32.1 Å². The molecule has 0 saturated carbocycles. The Morgan fingerprint density at radius 2 is 1.86 bits per heavy atom. The average Bonchev–Trinajstić information content (AvgIpc) is 2.16. The van der Waals surface area contributed by atoms with Crippen molar-refractivity contribution >= 4 is 5.97 Å². The Morgan fingerprint density at radius 3 is 2.29 bits per heavy atom. The zero-order valence-corrected chi connectivity index (χ0v) is 9.20. The molecule has 0 spiro atoms. The Labute approximate surface area is 86.1 Å². The summed E-state index contributed by atoms with van der Waals surface area (Å²) in [7, 11) is 0. The first-order valence-corrected chi connectivity index (χ1v) is 5.52. The third kappa shape index (κ3) is 5.97. The quantitative estimate of drug-likeness (QED) is 0.635. The predicted octanol–water partition coefficient (Wildman–Crippen LogP) is 2.43. The van der Waals surface area contributed by atoms with E-state index in [-0.39, 0.29) is 12.0 Å². The van der Waals surface area contributed by atoms with Gasteiger partial charge in [-0.1, -0.05) is 26.7 Å². The third-order valence-corrected chi connectivity index (χ3v) is 2.55. The number of aliphatic hydroxyl groups excluding tert-OH is 1. The van der Waals surface area contributed by atoms with E-state index < -0.39 is 5.97 Å². The molecule has 0 saturated heterocycles. The maximum atomic E-state index is 10.8. The molecule has 0 bridgehead atoms. The maximum Gasteiger partial charge on any atom is 0.306 e. The zero-order chi connectivity index (χ0) is 11.0. The van der Waals surface area contributed by atoms with Crippen LogP contribution in [0.4, 0.5) is 0 Å². The SMILES string of the molecule is CCCC(CCCC(O)CC)C(=O)O. The van der Waals surface area contributed by atoms with Crippen LogP contribution in [0.5, 0.6) is 0 Å². The van der Waals surface area contributed by atoms with Crippen LogP contribution in [-0.2, 0) is 4.79 Å². The summed E-state index contributed by atoms with van der Waals surface area (Å²) in [6, 6.07) is 0. The van der Waals surface area contributed by atoms with Crippen molar-refractivity contribution < 1.29 is 15.0 Å². The summed E-state index contributed by atoms with van der Waals surface area (Å²) >= 11 is 0. The van der Waals surface area contributed by atoms with Crippen LogP contribution in [0.25, 0.3) is 0 Å². The van der Waals surface area contributed by atoms with Gasteiger partial charge in [0, 0.05) is 0 Å². The highest BCUT2D eigenvalue weighted by Gasteiger charge is 2.15. The van der Waals surface area contributed by atoms with E-state index in [4.69, 9.17) is 5.11 Å². The number of rotatable bonds is 8. The highest BCUT2D eigenvalue weighted by molar-refractivity contribution is 5.69. The van der Waals surface area contributed by atoms with Gasteiger partial charge in [0.1, 0.15) is 0 Å². The highest BCUT2D eigenvalue weighted by Crippen LogP contribution is 2.16. The van der Waals surface area contributed by atoms with Gasteiger partial charge in [-0.2, -0.15) is 0 Å². The van der Waals surface area contributed by atoms with Gasteiger partial charge < -0.3 is 10.2 Å². The molecule has 2 N–H and O–H groups in total. The Morgan fingerprint density at radius 1 is 1.21 bits per heavy atom. The van der Waals surface area contributed by atoms with Crippen molar-refractivity contribution in [1.82, 2.24) is 0 Å². The molecular weight excluding hydrogens is 180 g/mol. The summed E-state index contributed by atoms with van der Waals surface area (Å²) in [4.78, 5) is 10.8. The van der Waals surface area contributed by atoms with Crippen LogP contribution < -0.4 is 0 Å². The fourth-order valence-corrected chi connectivity index (χ4v) is 1.54. The van der Waals surface area contributed by atoms with Crippen LogP contribution in [-0.4, -0.2) is 22.3 Å². The molecule has 0 aliphatic carbocycles. The lowest BCUT2D eigenvalue weighted by Crippen LogP contribution is -2.14. The first-order chi connectivity index (χ1) is 6.61. The molecular formula is C11H22O3. The summed E-state index contributed by atoms with van der Waals surface area (Å²) in [5.41, 5.74) is 0. The van der Waals surface area contributed by atoms with Crippen molar-refractivity contribution in [3.8, 4) is 0 Å². The normalized spacial score (nSPS) is 15.1. The van der Waals surface area contributed by atoms with E-state index in [9.17, 15) is 9.90 Å². The van der Waals surface area contributed by atoms with Crippen molar-refractivity contribution in [3.05, 3.63) is 0 Å². The third-order valence-electron chi connectivity index (χ3n) is 2.55. The molecule has 0 amide bonds. The Balaban J connectivity index is 3.66. The number of carboxylic acid groups (broad SMARTS) is 1. The maximum absolute atomic E-state index is 10.8. The molecule has 0 aromatic rings. The van der Waals surface area contributed by atoms with E-state index in [1.807, 2.05) is 13.8 Å². The molecule has 14 heavy (non-hydrogen) atoms. The van der Waals surface area contributed by atoms with Gasteiger partial charge in [0.15, 0.2) is 0 Å². The van der Waals surface area contributed by atoms with Crippen molar-refractivity contribution in [2.24, 2.45) is 5.92 Å². The fourth-order valence-electron chi connectivity index (χ4n) is 1.54. The van der Waals surface area contributed by atoms with Gasteiger partial charge in [-0.05, 0) is 25.7 Å². The molecule has 0 aromatic heterocycles. The molecule has 2 atom stereocenters. The van der Waals surface area contributed by atoms with Gasteiger partial charge >= 0.3 is 5.97 Å². The van der Waals surface area contributed by atoms with Crippen LogP contribution in [0, 0.1) is 5.92 Å². The van der Waals surface area contributed by atoms with Gasteiger partial charge in [0.25, 0.3) is 0 Å². The number of aliphatic carboxylic acids is 1. The van der Waals surface area contributed by atoms with Crippen LogP contribution in [0.2, 0.25) is 0 Å². The number of hydrogen-bond donors (Lipinski definition) is 2. The largest absolute Gasteiger partial charge is 0.481 e. The lowest BCUT2D eigenvalue weighted by molar-refractivity contribution is -0.142. The predicted molar refractivity (Wildman–Crippen MR) is 56.2 cm³/mol. The van der Waals surface area contributed by atoms with Crippen molar-refractivity contribution in [1.29, 1.82) is 0 Å². The fraction of sp³-hybridized carbons (Fsp3) is 0.909. The van der Waals surface area contributed by atoms with Gasteiger partial charge in [-0.15, -0.1) is 0 Å². The van der Waals surface area contributed by atoms with Crippen molar-refractivity contribution in [2.75, 3.05) is 0 Å². The highest BCUT2D eigenvalue weighted by atomic mass is 16.4. The lowest BCUT2D eigenvalue weighted by atomic mass is 9.96. The number of carbonyl (C=O) groups is 1. The summed E-state index contributed by atoms with van der Waals surface area (Å²) in [6.07, 6.45) is 4.39. The second kappa shape index (κ2) is 7.80.